The van der Waals surface area contributed by atoms with Crippen molar-refractivity contribution in [3.63, 3.8) is 0 Å². The molecule has 0 aromatic rings. The maximum absolute atomic E-state index is 12.2. The number of piperidine rings is 1. The third-order valence-corrected chi connectivity index (χ3v) is 2.35. The lowest BCUT2D eigenvalue weighted by Crippen LogP contribution is -2.38. The quantitative estimate of drug-likeness (QED) is 0.728. The van der Waals surface area contributed by atoms with Crippen molar-refractivity contribution in [1.29, 1.82) is 0 Å². The average molecular weight is 193 g/mol. The van der Waals surface area contributed by atoms with Crippen LogP contribution in [0.3, 0.4) is 0 Å². The Morgan fingerprint density at radius 2 is 2.00 bits per heavy atom. The number of likely N-dealkylation sites (tertiary alicyclic amines) is 1. The van der Waals surface area contributed by atoms with Crippen LogP contribution in [0.4, 0.5) is 8.78 Å². The van der Waals surface area contributed by atoms with Gasteiger partial charge >= 0.3 is 5.97 Å². The van der Waals surface area contributed by atoms with Crippen LogP contribution >= 0.6 is 0 Å². The zero-order valence-corrected chi connectivity index (χ0v) is 7.25. The van der Waals surface area contributed by atoms with Gasteiger partial charge in [0, 0.05) is 5.92 Å². The molecule has 0 unspecified atom stereocenters. The molecule has 76 valence electrons. The van der Waals surface area contributed by atoms with E-state index in [1.54, 1.807) is 4.90 Å². The summed E-state index contributed by atoms with van der Waals surface area (Å²) < 4.78 is 24.4. The lowest BCUT2D eigenvalue weighted by molar-refractivity contribution is -0.138. The van der Waals surface area contributed by atoms with Crippen LogP contribution in [0.15, 0.2) is 0 Å². The van der Waals surface area contributed by atoms with Crippen LogP contribution in [0.1, 0.15) is 12.8 Å². The Morgan fingerprint density at radius 1 is 1.46 bits per heavy atom. The second-order valence-corrected chi connectivity index (χ2v) is 3.34. The molecule has 1 aliphatic rings. The molecular weight excluding hydrogens is 180 g/mol. The van der Waals surface area contributed by atoms with Crippen molar-refractivity contribution < 1.29 is 18.7 Å². The fourth-order valence-electron chi connectivity index (χ4n) is 1.55. The highest BCUT2D eigenvalue weighted by Crippen LogP contribution is 2.23. The molecule has 1 saturated heterocycles. The van der Waals surface area contributed by atoms with E-state index >= 15 is 0 Å². The van der Waals surface area contributed by atoms with Crippen molar-refractivity contribution >= 4 is 5.97 Å². The van der Waals surface area contributed by atoms with Crippen LogP contribution in [0.5, 0.6) is 0 Å². The highest BCUT2D eigenvalue weighted by Gasteiger charge is 2.26. The third kappa shape index (κ3) is 3.26. The number of alkyl halides is 2. The number of nitrogens with zero attached hydrogens (tertiary/aromatic N) is 1. The van der Waals surface area contributed by atoms with Gasteiger partial charge in [0.2, 0.25) is 6.43 Å². The molecule has 0 aliphatic carbocycles. The molecule has 0 saturated carbocycles. The predicted molar refractivity (Wildman–Crippen MR) is 42.8 cm³/mol. The molecule has 0 bridgehead atoms. The summed E-state index contributed by atoms with van der Waals surface area (Å²) >= 11 is 0. The van der Waals surface area contributed by atoms with Crippen molar-refractivity contribution in [3.8, 4) is 0 Å². The molecule has 13 heavy (non-hydrogen) atoms. The van der Waals surface area contributed by atoms with E-state index in [0.717, 1.165) is 0 Å². The first-order valence-electron chi connectivity index (χ1n) is 4.32. The molecule has 0 radical (unpaired) electrons. The molecule has 0 atom stereocenters. The van der Waals surface area contributed by atoms with E-state index in [9.17, 15) is 13.6 Å². The van der Waals surface area contributed by atoms with Gasteiger partial charge in [-0.3, -0.25) is 9.69 Å². The summed E-state index contributed by atoms with van der Waals surface area (Å²) in [5.74, 6) is -1.43. The SMILES string of the molecule is O=C(O)CN1CCC(C(F)F)CC1. The highest BCUT2D eigenvalue weighted by atomic mass is 19.3. The van der Waals surface area contributed by atoms with Gasteiger partial charge in [-0.2, -0.15) is 0 Å². The Kier molecular flexibility index (Phi) is 3.59. The van der Waals surface area contributed by atoms with E-state index in [1.165, 1.54) is 0 Å². The number of carbonyl (C=O) groups is 1. The number of aliphatic carboxylic acids is 1. The molecule has 1 aliphatic heterocycles. The van der Waals surface area contributed by atoms with Gasteiger partial charge in [-0.1, -0.05) is 0 Å². The van der Waals surface area contributed by atoms with E-state index in [1.807, 2.05) is 0 Å². The topological polar surface area (TPSA) is 40.5 Å². The van der Waals surface area contributed by atoms with Crippen LogP contribution in [0.2, 0.25) is 0 Å². The Hall–Kier alpha value is -0.710. The molecule has 5 heteroatoms. The largest absolute Gasteiger partial charge is 0.480 e. The molecular formula is C8H13F2NO2. The van der Waals surface area contributed by atoms with Crippen LogP contribution < -0.4 is 0 Å². The molecule has 0 amide bonds. The third-order valence-electron chi connectivity index (χ3n) is 2.35. The van der Waals surface area contributed by atoms with Crippen molar-refractivity contribution in [2.24, 2.45) is 5.92 Å². The van der Waals surface area contributed by atoms with E-state index in [0.29, 0.717) is 25.9 Å². The molecule has 0 spiro atoms. The number of carboxylic acids is 1. The first kappa shape index (κ1) is 10.4. The van der Waals surface area contributed by atoms with Crippen molar-refractivity contribution in [2.75, 3.05) is 19.6 Å². The molecule has 1 N–H and O–H groups in total. The lowest BCUT2D eigenvalue weighted by Gasteiger charge is -2.30. The first-order chi connectivity index (χ1) is 6.09. The minimum Gasteiger partial charge on any atom is -0.480 e. The molecule has 1 heterocycles. The van der Waals surface area contributed by atoms with Gasteiger partial charge in [0.15, 0.2) is 0 Å². The van der Waals surface area contributed by atoms with Gasteiger partial charge in [0.05, 0.1) is 6.54 Å². The minimum absolute atomic E-state index is 0.0318. The molecule has 3 nitrogen and oxygen atoms in total. The summed E-state index contributed by atoms with van der Waals surface area (Å²) in [7, 11) is 0. The summed E-state index contributed by atoms with van der Waals surface area (Å²) in [6.45, 7) is 0.915. The number of halogens is 2. The van der Waals surface area contributed by atoms with Crippen LogP contribution in [0.25, 0.3) is 0 Å². The van der Waals surface area contributed by atoms with Gasteiger partial charge in [-0.25, -0.2) is 8.78 Å². The Labute approximate surface area is 75.3 Å². The van der Waals surface area contributed by atoms with Gasteiger partial charge in [-0.15, -0.1) is 0 Å². The first-order valence-corrected chi connectivity index (χ1v) is 4.32. The number of rotatable bonds is 3. The highest BCUT2D eigenvalue weighted by molar-refractivity contribution is 5.69. The lowest BCUT2D eigenvalue weighted by atomic mass is 9.97. The Balaban J connectivity index is 2.26. The average Bonchev–Trinajstić information content (AvgIpc) is 2.04. The molecule has 0 aromatic carbocycles. The summed E-state index contributed by atoms with van der Waals surface area (Å²) in [4.78, 5) is 12.0. The maximum atomic E-state index is 12.2. The fraction of sp³-hybridized carbons (Fsp3) is 0.875. The monoisotopic (exact) mass is 193 g/mol. The summed E-state index contributed by atoms with van der Waals surface area (Å²) in [6, 6.07) is 0. The maximum Gasteiger partial charge on any atom is 0.317 e. The zero-order valence-electron chi connectivity index (χ0n) is 7.25. The zero-order chi connectivity index (χ0) is 9.84. The number of hydrogen-bond acceptors (Lipinski definition) is 2. The van der Waals surface area contributed by atoms with E-state index in [2.05, 4.69) is 0 Å². The van der Waals surface area contributed by atoms with Gasteiger partial charge in [-0.05, 0) is 25.9 Å². The second kappa shape index (κ2) is 4.50. The van der Waals surface area contributed by atoms with E-state index < -0.39 is 18.3 Å². The summed E-state index contributed by atoms with van der Waals surface area (Å²) in [5, 5.41) is 8.45. The Morgan fingerprint density at radius 3 is 2.38 bits per heavy atom. The normalized spacial score (nSPS) is 20.8. The Bertz CT molecular complexity index is 179. The van der Waals surface area contributed by atoms with E-state index in [-0.39, 0.29) is 6.54 Å². The molecule has 1 fully saturated rings. The van der Waals surface area contributed by atoms with Gasteiger partial charge < -0.3 is 5.11 Å². The molecule has 1 rings (SSSR count). The fourth-order valence-corrected chi connectivity index (χ4v) is 1.55. The number of carboxylic acid groups (broad SMARTS) is 1. The van der Waals surface area contributed by atoms with Crippen molar-refractivity contribution in [3.05, 3.63) is 0 Å². The van der Waals surface area contributed by atoms with Gasteiger partial charge in [0.25, 0.3) is 0 Å². The van der Waals surface area contributed by atoms with Crippen molar-refractivity contribution in [2.45, 2.75) is 19.3 Å². The molecule has 0 aromatic heterocycles. The van der Waals surface area contributed by atoms with E-state index in [4.69, 9.17) is 5.11 Å². The predicted octanol–water partition coefficient (Wildman–Crippen LogP) is 1.05. The van der Waals surface area contributed by atoms with Crippen LogP contribution in [-0.2, 0) is 4.79 Å². The standard InChI is InChI=1S/C8H13F2NO2/c9-8(10)6-1-3-11(4-2-6)5-7(12)13/h6,8H,1-5H2,(H,12,13). The minimum atomic E-state index is -2.26. The summed E-state index contributed by atoms with van der Waals surface area (Å²) in [5.41, 5.74) is 0. The smallest absolute Gasteiger partial charge is 0.317 e. The van der Waals surface area contributed by atoms with Crippen LogP contribution in [0, 0.1) is 5.92 Å². The van der Waals surface area contributed by atoms with Crippen molar-refractivity contribution in [1.82, 2.24) is 4.90 Å². The number of hydrogen-bond donors (Lipinski definition) is 1. The second-order valence-electron chi connectivity index (χ2n) is 3.34. The van der Waals surface area contributed by atoms with Gasteiger partial charge in [0.1, 0.15) is 0 Å². The summed E-state index contributed by atoms with van der Waals surface area (Å²) in [6.07, 6.45) is -1.44. The van der Waals surface area contributed by atoms with Crippen LogP contribution in [-0.4, -0.2) is 42.0 Å².